The largest absolute Gasteiger partial charge is 0.474 e. The van der Waals surface area contributed by atoms with Crippen LogP contribution in [0.25, 0.3) is 10.9 Å². The fourth-order valence-electron chi connectivity index (χ4n) is 3.27. The first kappa shape index (κ1) is 24.7. The molecule has 0 bridgehead atoms. The summed E-state index contributed by atoms with van der Waals surface area (Å²) in [6.07, 6.45) is 6.97. The number of amides is 1. The Morgan fingerprint density at radius 3 is 2.73 bits per heavy atom. The molecule has 1 amide bonds. The van der Waals surface area contributed by atoms with E-state index in [1.165, 1.54) is 30.1 Å². The molecular formula is C22H25ClN4O5S. The topological polar surface area (TPSA) is 120 Å². The van der Waals surface area contributed by atoms with Crippen LogP contribution in [0, 0.1) is 0 Å². The second-order valence-electron chi connectivity index (χ2n) is 8.06. The first-order chi connectivity index (χ1) is 15.5. The van der Waals surface area contributed by atoms with Crippen LogP contribution in [0.4, 0.5) is 0 Å². The molecule has 0 spiro atoms. The van der Waals surface area contributed by atoms with Crippen molar-refractivity contribution in [1.29, 1.82) is 0 Å². The molecule has 2 heterocycles. The van der Waals surface area contributed by atoms with Gasteiger partial charge in [0.1, 0.15) is 27.6 Å². The Morgan fingerprint density at radius 2 is 2.12 bits per heavy atom. The summed E-state index contributed by atoms with van der Waals surface area (Å²) in [5.41, 5.74) is 0.618. The van der Waals surface area contributed by atoms with E-state index in [1.54, 1.807) is 25.1 Å². The van der Waals surface area contributed by atoms with Crippen LogP contribution >= 0.6 is 11.6 Å². The van der Waals surface area contributed by atoms with Gasteiger partial charge in [-0.2, -0.15) is 0 Å². The van der Waals surface area contributed by atoms with Crippen molar-refractivity contribution >= 4 is 45.0 Å². The number of allylic oxidation sites excluding steroid dienone is 2. The number of aryl methyl sites for hydroxylation is 1. The number of hydrogen-bond acceptors (Lipinski definition) is 7. The van der Waals surface area contributed by atoms with Gasteiger partial charge >= 0.3 is 0 Å². The van der Waals surface area contributed by atoms with Crippen LogP contribution in [-0.2, 0) is 16.9 Å². The zero-order valence-corrected chi connectivity index (χ0v) is 20.2. The molecule has 0 unspecified atom stereocenters. The number of nitrogens with one attached hydrogen (secondary N) is 1. The summed E-state index contributed by atoms with van der Waals surface area (Å²) in [5, 5.41) is 3.49. The Balaban J connectivity index is 1.85. The number of carbonyl (C=O) groups is 1. The molecule has 176 valence electrons. The van der Waals surface area contributed by atoms with Crippen LogP contribution in [0.3, 0.4) is 0 Å². The highest BCUT2D eigenvalue weighted by atomic mass is 35.5. The molecule has 0 saturated heterocycles. The first-order valence-electron chi connectivity index (χ1n) is 10.1. The zero-order chi connectivity index (χ0) is 24.4. The molecule has 1 N–H and O–H groups in total. The van der Waals surface area contributed by atoms with Gasteiger partial charge in [-0.1, -0.05) is 23.3 Å². The van der Waals surface area contributed by atoms with Crippen LogP contribution in [0.15, 0.2) is 51.0 Å². The lowest BCUT2D eigenvalue weighted by molar-refractivity contribution is 0.0955. The van der Waals surface area contributed by atoms with Gasteiger partial charge in [0, 0.05) is 31.4 Å². The lowest BCUT2D eigenvalue weighted by Crippen LogP contribution is -2.33. The Bertz CT molecular complexity index is 1340. The second kappa shape index (κ2) is 9.48. The summed E-state index contributed by atoms with van der Waals surface area (Å²) in [6.45, 7) is 5.27. The van der Waals surface area contributed by atoms with Crippen molar-refractivity contribution in [2.24, 2.45) is 12.0 Å². The number of hydrogen-bond donors (Lipinski definition) is 1. The fraction of sp³-hybridized carbons (Fsp3) is 0.364. The van der Waals surface area contributed by atoms with E-state index >= 15 is 0 Å². The Hall–Kier alpha value is -2.98. The third kappa shape index (κ3) is 5.33. The lowest BCUT2D eigenvalue weighted by atomic mass is 10.1. The van der Waals surface area contributed by atoms with E-state index in [0.717, 1.165) is 5.57 Å². The van der Waals surface area contributed by atoms with Gasteiger partial charge in [0.2, 0.25) is 5.88 Å². The number of carbonyl (C=O) groups excluding carboxylic acids is 1. The molecule has 0 radical (unpaired) electrons. The number of aromatic nitrogens is 2. The van der Waals surface area contributed by atoms with Gasteiger partial charge in [0.05, 0.1) is 0 Å². The summed E-state index contributed by atoms with van der Waals surface area (Å²) >= 11 is 5.76. The van der Waals surface area contributed by atoms with Gasteiger partial charge < -0.3 is 14.6 Å². The van der Waals surface area contributed by atoms with Gasteiger partial charge in [-0.3, -0.25) is 14.6 Å². The lowest BCUT2D eigenvalue weighted by Gasteiger charge is -2.16. The minimum atomic E-state index is -3.27. The highest BCUT2D eigenvalue weighted by Gasteiger charge is 2.53. The molecule has 2 aromatic rings. The van der Waals surface area contributed by atoms with E-state index in [0.29, 0.717) is 23.7 Å². The SMILES string of the molecule is C=N/C(Cl)=C\C=C(/C)CNC(=O)c1cc2ccnc(OCC3(S(C)(=O)=O)CC3)c2n(C)c1=O. The number of aliphatic imine (C=N–C) groups is 1. The Kier molecular flexibility index (Phi) is 7.08. The summed E-state index contributed by atoms with van der Waals surface area (Å²) in [4.78, 5) is 33.3. The van der Waals surface area contributed by atoms with Gasteiger partial charge in [-0.25, -0.2) is 13.4 Å². The van der Waals surface area contributed by atoms with E-state index in [2.05, 4.69) is 22.0 Å². The molecule has 11 heteroatoms. The van der Waals surface area contributed by atoms with Crippen molar-refractivity contribution in [3.63, 3.8) is 0 Å². The minimum Gasteiger partial charge on any atom is -0.474 e. The molecule has 0 atom stereocenters. The van der Waals surface area contributed by atoms with E-state index in [4.69, 9.17) is 16.3 Å². The minimum absolute atomic E-state index is 0.0360. The number of ether oxygens (including phenoxy) is 1. The van der Waals surface area contributed by atoms with Gasteiger partial charge in [0.15, 0.2) is 9.84 Å². The molecule has 9 nitrogen and oxygen atoms in total. The maximum absolute atomic E-state index is 12.9. The van der Waals surface area contributed by atoms with Crippen LogP contribution in [-0.4, -0.2) is 54.7 Å². The molecule has 1 aliphatic carbocycles. The molecule has 0 aliphatic heterocycles. The monoisotopic (exact) mass is 492 g/mol. The standard InChI is InChI=1S/C22H25ClN4O5S/c1-14(5-6-17(23)24-2)12-26-19(28)16-11-15-7-10-25-20(18(15)27(3)21(16)29)32-13-22(8-9-22)33(4,30)31/h5-7,10-11H,2,8-9,12-13H2,1,3-4H3,(H,26,28)/b14-5+,17-6-. The molecular weight excluding hydrogens is 468 g/mol. The summed E-state index contributed by atoms with van der Waals surface area (Å²) in [7, 11) is -1.76. The highest BCUT2D eigenvalue weighted by Crippen LogP contribution is 2.43. The molecule has 2 aromatic heterocycles. The Morgan fingerprint density at radius 1 is 1.42 bits per heavy atom. The maximum Gasteiger partial charge on any atom is 0.263 e. The van der Waals surface area contributed by atoms with Crippen molar-refractivity contribution in [2.45, 2.75) is 24.5 Å². The van der Waals surface area contributed by atoms with E-state index in [-0.39, 0.29) is 29.8 Å². The molecule has 1 saturated carbocycles. The number of nitrogens with zero attached hydrogens (tertiary/aromatic N) is 3. The third-order valence-corrected chi connectivity index (χ3v) is 7.93. The third-order valence-electron chi connectivity index (χ3n) is 5.59. The van der Waals surface area contributed by atoms with Crippen LogP contribution in [0.5, 0.6) is 5.88 Å². The Labute approximate surface area is 196 Å². The first-order valence-corrected chi connectivity index (χ1v) is 12.3. The van der Waals surface area contributed by atoms with Crippen molar-refractivity contribution in [1.82, 2.24) is 14.9 Å². The van der Waals surface area contributed by atoms with Crippen molar-refractivity contribution in [3.8, 4) is 5.88 Å². The smallest absolute Gasteiger partial charge is 0.263 e. The number of sulfone groups is 1. The molecule has 0 aromatic carbocycles. The van der Waals surface area contributed by atoms with Crippen LogP contribution in [0.1, 0.15) is 30.1 Å². The van der Waals surface area contributed by atoms with E-state index < -0.39 is 26.1 Å². The number of pyridine rings is 2. The number of fused-ring (bicyclic) bond motifs is 1. The predicted molar refractivity (Wildman–Crippen MR) is 129 cm³/mol. The van der Waals surface area contributed by atoms with Crippen molar-refractivity contribution < 1.29 is 17.9 Å². The van der Waals surface area contributed by atoms with Gasteiger partial charge in [-0.05, 0) is 44.7 Å². The van der Waals surface area contributed by atoms with Gasteiger partial charge in [0.25, 0.3) is 11.5 Å². The number of halogens is 1. The molecule has 3 rings (SSSR count). The quantitative estimate of drug-likeness (QED) is 0.326. The molecule has 1 fully saturated rings. The number of rotatable bonds is 9. The predicted octanol–water partition coefficient (Wildman–Crippen LogP) is 2.35. The van der Waals surface area contributed by atoms with E-state index in [9.17, 15) is 18.0 Å². The van der Waals surface area contributed by atoms with Crippen molar-refractivity contribution in [3.05, 3.63) is 57.1 Å². The highest BCUT2D eigenvalue weighted by molar-refractivity contribution is 7.92. The average molecular weight is 493 g/mol. The zero-order valence-electron chi connectivity index (χ0n) is 18.6. The molecule has 33 heavy (non-hydrogen) atoms. The molecule has 1 aliphatic rings. The average Bonchev–Trinajstić information content (AvgIpc) is 3.58. The fourth-order valence-corrected chi connectivity index (χ4v) is 4.45. The summed E-state index contributed by atoms with van der Waals surface area (Å²) in [5.74, 6) is -0.386. The summed E-state index contributed by atoms with van der Waals surface area (Å²) < 4.78 is 30.2. The maximum atomic E-state index is 12.9. The second-order valence-corrected chi connectivity index (χ2v) is 10.9. The van der Waals surface area contributed by atoms with Crippen molar-refractivity contribution in [2.75, 3.05) is 19.4 Å². The normalized spacial score (nSPS) is 15.9. The van der Waals surface area contributed by atoms with Crippen LogP contribution < -0.4 is 15.6 Å². The summed E-state index contributed by atoms with van der Waals surface area (Å²) in [6, 6.07) is 3.13. The van der Waals surface area contributed by atoms with Crippen LogP contribution in [0.2, 0.25) is 0 Å². The van der Waals surface area contributed by atoms with Gasteiger partial charge in [-0.15, -0.1) is 0 Å². The van der Waals surface area contributed by atoms with E-state index in [1.807, 2.05) is 0 Å².